The van der Waals surface area contributed by atoms with Gasteiger partial charge in [0.25, 0.3) is 0 Å². The van der Waals surface area contributed by atoms with Crippen LogP contribution in [0.3, 0.4) is 0 Å². The van der Waals surface area contributed by atoms with Gasteiger partial charge in [-0.2, -0.15) is 0 Å². The van der Waals surface area contributed by atoms with Crippen LogP contribution >= 0.6 is 0 Å². The first kappa shape index (κ1) is 13.5. The van der Waals surface area contributed by atoms with Crippen molar-refractivity contribution in [2.24, 2.45) is 5.73 Å². The van der Waals surface area contributed by atoms with Crippen molar-refractivity contribution in [2.75, 3.05) is 19.6 Å². The van der Waals surface area contributed by atoms with Crippen LogP contribution in [0.4, 0.5) is 0 Å². The Hall–Kier alpha value is -0.610. The van der Waals surface area contributed by atoms with Crippen molar-refractivity contribution in [2.45, 2.75) is 51.6 Å². The summed E-state index contributed by atoms with van der Waals surface area (Å²) >= 11 is 0. The van der Waals surface area contributed by atoms with E-state index in [1.807, 2.05) is 0 Å². The SMILES string of the molecule is CCCNC(=O)CC(CN)N1CCCC1C. The first-order valence-corrected chi connectivity index (χ1v) is 6.41. The molecular weight excluding hydrogens is 202 g/mol. The number of likely N-dealkylation sites (tertiary alicyclic amines) is 1. The number of amides is 1. The molecule has 0 aromatic carbocycles. The Labute approximate surface area is 98.6 Å². The highest BCUT2D eigenvalue weighted by Gasteiger charge is 2.28. The Bertz CT molecular complexity index is 220. The number of hydrogen-bond acceptors (Lipinski definition) is 3. The third-order valence-corrected chi connectivity index (χ3v) is 3.34. The summed E-state index contributed by atoms with van der Waals surface area (Å²) in [6.45, 7) is 6.71. The monoisotopic (exact) mass is 227 g/mol. The summed E-state index contributed by atoms with van der Waals surface area (Å²) in [4.78, 5) is 14.0. The van der Waals surface area contributed by atoms with Gasteiger partial charge in [-0.1, -0.05) is 6.92 Å². The average molecular weight is 227 g/mol. The Morgan fingerprint density at radius 2 is 2.38 bits per heavy atom. The van der Waals surface area contributed by atoms with Crippen LogP contribution in [0.15, 0.2) is 0 Å². The second-order valence-corrected chi connectivity index (χ2v) is 4.67. The van der Waals surface area contributed by atoms with E-state index >= 15 is 0 Å². The summed E-state index contributed by atoms with van der Waals surface area (Å²) in [7, 11) is 0. The minimum atomic E-state index is 0.136. The van der Waals surface area contributed by atoms with Gasteiger partial charge in [0.1, 0.15) is 0 Å². The maximum atomic E-state index is 11.6. The zero-order valence-corrected chi connectivity index (χ0v) is 10.5. The number of nitrogens with one attached hydrogen (secondary N) is 1. The fourth-order valence-electron chi connectivity index (χ4n) is 2.38. The van der Waals surface area contributed by atoms with Gasteiger partial charge in [0.05, 0.1) is 0 Å². The quantitative estimate of drug-likeness (QED) is 0.703. The Morgan fingerprint density at radius 1 is 1.62 bits per heavy atom. The molecule has 1 saturated heterocycles. The minimum Gasteiger partial charge on any atom is -0.356 e. The average Bonchev–Trinajstić information content (AvgIpc) is 2.69. The van der Waals surface area contributed by atoms with Gasteiger partial charge in [-0.05, 0) is 32.7 Å². The first-order valence-electron chi connectivity index (χ1n) is 6.41. The van der Waals surface area contributed by atoms with Crippen molar-refractivity contribution < 1.29 is 4.79 Å². The molecule has 0 aliphatic carbocycles. The van der Waals surface area contributed by atoms with E-state index in [2.05, 4.69) is 24.1 Å². The topological polar surface area (TPSA) is 58.4 Å². The maximum absolute atomic E-state index is 11.6. The Balaban J connectivity index is 2.38. The lowest BCUT2D eigenvalue weighted by atomic mass is 10.1. The summed E-state index contributed by atoms with van der Waals surface area (Å²) in [5.74, 6) is 0.136. The van der Waals surface area contributed by atoms with Crippen LogP contribution in [0.1, 0.15) is 39.5 Å². The van der Waals surface area contributed by atoms with Crippen molar-refractivity contribution in [1.82, 2.24) is 10.2 Å². The zero-order chi connectivity index (χ0) is 12.0. The van der Waals surface area contributed by atoms with Crippen LogP contribution in [-0.4, -0.2) is 42.5 Å². The van der Waals surface area contributed by atoms with E-state index in [-0.39, 0.29) is 11.9 Å². The van der Waals surface area contributed by atoms with Gasteiger partial charge in [-0.25, -0.2) is 0 Å². The van der Waals surface area contributed by atoms with Crippen molar-refractivity contribution >= 4 is 5.91 Å². The number of nitrogens with two attached hydrogens (primary N) is 1. The van der Waals surface area contributed by atoms with Gasteiger partial charge in [0.15, 0.2) is 0 Å². The molecule has 3 N–H and O–H groups in total. The van der Waals surface area contributed by atoms with Gasteiger partial charge in [-0.3, -0.25) is 9.69 Å². The summed E-state index contributed by atoms with van der Waals surface area (Å²) in [6.07, 6.45) is 3.99. The van der Waals surface area contributed by atoms with Gasteiger partial charge in [0.2, 0.25) is 5.91 Å². The number of hydrogen-bond donors (Lipinski definition) is 2. The molecule has 4 heteroatoms. The van der Waals surface area contributed by atoms with E-state index in [9.17, 15) is 4.79 Å². The van der Waals surface area contributed by atoms with E-state index < -0.39 is 0 Å². The standard InChI is InChI=1S/C12H25N3O/c1-3-6-14-12(16)8-11(9-13)15-7-4-5-10(15)2/h10-11H,3-9,13H2,1-2H3,(H,14,16). The summed E-state index contributed by atoms with van der Waals surface area (Å²) < 4.78 is 0. The molecule has 0 bridgehead atoms. The molecule has 2 unspecified atom stereocenters. The Morgan fingerprint density at radius 3 is 2.88 bits per heavy atom. The third kappa shape index (κ3) is 3.76. The van der Waals surface area contributed by atoms with Gasteiger partial charge >= 0.3 is 0 Å². The molecule has 0 saturated carbocycles. The van der Waals surface area contributed by atoms with Crippen molar-refractivity contribution in [3.05, 3.63) is 0 Å². The molecule has 0 aromatic heterocycles. The lowest BCUT2D eigenvalue weighted by Gasteiger charge is -2.30. The van der Waals surface area contributed by atoms with Crippen LogP contribution in [0.2, 0.25) is 0 Å². The van der Waals surface area contributed by atoms with E-state index in [4.69, 9.17) is 5.73 Å². The van der Waals surface area contributed by atoms with Gasteiger partial charge in [0, 0.05) is 31.6 Å². The summed E-state index contributed by atoms with van der Waals surface area (Å²) in [6, 6.07) is 0.793. The molecule has 1 amide bonds. The first-order chi connectivity index (χ1) is 7.69. The van der Waals surface area contributed by atoms with E-state index in [1.165, 1.54) is 12.8 Å². The summed E-state index contributed by atoms with van der Waals surface area (Å²) in [5.41, 5.74) is 5.77. The number of carbonyl (C=O) groups is 1. The highest BCUT2D eigenvalue weighted by atomic mass is 16.1. The predicted octanol–water partition coefficient (Wildman–Crippen LogP) is 0.714. The molecule has 1 aliphatic heterocycles. The largest absolute Gasteiger partial charge is 0.356 e. The van der Waals surface area contributed by atoms with Crippen LogP contribution in [0.5, 0.6) is 0 Å². The molecule has 0 radical (unpaired) electrons. The fourth-order valence-corrected chi connectivity index (χ4v) is 2.38. The number of carbonyl (C=O) groups excluding carboxylic acids is 1. The van der Waals surface area contributed by atoms with Crippen LogP contribution in [0, 0.1) is 0 Å². The highest BCUT2D eigenvalue weighted by molar-refractivity contribution is 5.76. The minimum absolute atomic E-state index is 0.136. The Kier molecular flexibility index (Phi) is 5.77. The zero-order valence-electron chi connectivity index (χ0n) is 10.5. The van der Waals surface area contributed by atoms with Crippen LogP contribution in [0.25, 0.3) is 0 Å². The molecule has 2 atom stereocenters. The number of nitrogens with zero attached hydrogens (tertiary/aromatic N) is 1. The molecular formula is C12H25N3O. The van der Waals surface area contributed by atoms with E-state index in [0.717, 1.165) is 19.5 Å². The smallest absolute Gasteiger partial charge is 0.221 e. The summed E-state index contributed by atoms with van der Waals surface area (Å²) in [5, 5.41) is 2.91. The van der Waals surface area contributed by atoms with Crippen molar-refractivity contribution in [1.29, 1.82) is 0 Å². The van der Waals surface area contributed by atoms with Crippen molar-refractivity contribution in [3.8, 4) is 0 Å². The highest BCUT2D eigenvalue weighted by Crippen LogP contribution is 2.20. The maximum Gasteiger partial charge on any atom is 0.221 e. The molecule has 0 aromatic rings. The second kappa shape index (κ2) is 6.86. The van der Waals surface area contributed by atoms with Crippen molar-refractivity contribution in [3.63, 3.8) is 0 Å². The van der Waals surface area contributed by atoms with Gasteiger partial charge in [-0.15, -0.1) is 0 Å². The van der Waals surface area contributed by atoms with Crippen LogP contribution < -0.4 is 11.1 Å². The molecule has 1 heterocycles. The molecule has 0 spiro atoms. The lowest BCUT2D eigenvalue weighted by Crippen LogP contribution is -2.45. The molecule has 1 aliphatic rings. The predicted molar refractivity (Wildman–Crippen MR) is 66.2 cm³/mol. The van der Waals surface area contributed by atoms with Crippen LogP contribution in [-0.2, 0) is 4.79 Å². The molecule has 1 rings (SSSR count). The molecule has 4 nitrogen and oxygen atoms in total. The van der Waals surface area contributed by atoms with Gasteiger partial charge < -0.3 is 11.1 Å². The molecule has 94 valence electrons. The molecule has 16 heavy (non-hydrogen) atoms. The van der Waals surface area contributed by atoms with E-state index in [0.29, 0.717) is 19.0 Å². The third-order valence-electron chi connectivity index (χ3n) is 3.34. The fraction of sp³-hybridized carbons (Fsp3) is 0.917. The second-order valence-electron chi connectivity index (χ2n) is 4.67. The molecule has 1 fully saturated rings. The number of rotatable bonds is 6. The van der Waals surface area contributed by atoms with E-state index in [1.54, 1.807) is 0 Å². The lowest BCUT2D eigenvalue weighted by molar-refractivity contribution is -0.122. The normalized spacial score (nSPS) is 23.3.